The highest BCUT2D eigenvalue weighted by molar-refractivity contribution is 5.79. The number of fused-ring (bicyclic) bond motifs is 1. The summed E-state index contributed by atoms with van der Waals surface area (Å²) in [6.45, 7) is 2.70. The number of nitrogens with one attached hydrogen (secondary N) is 1. The van der Waals surface area contributed by atoms with Crippen LogP contribution < -0.4 is 10.9 Å². The lowest BCUT2D eigenvalue weighted by molar-refractivity contribution is -0.121. The van der Waals surface area contributed by atoms with Gasteiger partial charge < -0.3 is 14.5 Å². The van der Waals surface area contributed by atoms with E-state index in [1.165, 1.54) is 22.0 Å². The number of carbonyl (C=O) groups is 1. The summed E-state index contributed by atoms with van der Waals surface area (Å²) in [7, 11) is 1.68. The number of pyridine rings is 1. The van der Waals surface area contributed by atoms with Gasteiger partial charge in [0.05, 0.1) is 11.8 Å². The van der Waals surface area contributed by atoms with Crippen molar-refractivity contribution in [2.45, 2.75) is 19.9 Å². The van der Waals surface area contributed by atoms with Crippen LogP contribution in [0.1, 0.15) is 11.1 Å². The molecule has 0 unspecified atom stereocenters. The molecule has 1 aromatic carbocycles. The third kappa shape index (κ3) is 3.37. The minimum Gasteiger partial charge on any atom is -0.354 e. The number of hydrogen-bond acceptors (Lipinski definition) is 3. The standard InChI is InChI=1S/C18H20N4O2/c1-13-3-5-14(6-4-13)7-9-19-16(23)11-22-12-20-15-8-10-21(2)18(24)17(15)22/h3-6,8,10,12H,7,9,11H2,1-2H3,(H,19,23). The molecule has 0 fully saturated rings. The Kier molecular flexibility index (Phi) is 4.46. The first-order valence-electron chi connectivity index (χ1n) is 7.87. The second-order valence-electron chi connectivity index (χ2n) is 5.92. The predicted octanol–water partition coefficient (Wildman–Crippen LogP) is 1.40. The van der Waals surface area contributed by atoms with Gasteiger partial charge in [-0.2, -0.15) is 0 Å². The third-order valence-corrected chi connectivity index (χ3v) is 4.02. The molecule has 6 heteroatoms. The van der Waals surface area contributed by atoms with E-state index in [-0.39, 0.29) is 18.0 Å². The van der Waals surface area contributed by atoms with E-state index in [9.17, 15) is 9.59 Å². The Hall–Kier alpha value is -2.89. The molecule has 2 aromatic heterocycles. The fraction of sp³-hybridized carbons (Fsp3) is 0.278. The number of nitrogens with zero attached hydrogens (tertiary/aromatic N) is 3. The summed E-state index contributed by atoms with van der Waals surface area (Å²) in [6.07, 6.45) is 3.98. The number of aromatic nitrogens is 3. The summed E-state index contributed by atoms with van der Waals surface area (Å²) in [4.78, 5) is 28.5. The molecule has 0 aliphatic heterocycles. The van der Waals surface area contributed by atoms with Gasteiger partial charge in [-0.15, -0.1) is 0 Å². The zero-order valence-electron chi connectivity index (χ0n) is 13.8. The first-order chi connectivity index (χ1) is 11.5. The SMILES string of the molecule is Cc1ccc(CCNC(=O)Cn2cnc3ccn(C)c(=O)c32)cc1. The molecule has 6 nitrogen and oxygen atoms in total. The molecule has 2 heterocycles. The normalized spacial score (nSPS) is 10.9. The van der Waals surface area contributed by atoms with Gasteiger partial charge in [-0.1, -0.05) is 29.8 Å². The molecule has 0 atom stereocenters. The largest absolute Gasteiger partial charge is 0.354 e. The molecule has 0 aliphatic rings. The molecule has 0 aliphatic carbocycles. The van der Waals surface area contributed by atoms with Crippen molar-refractivity contribution in [3.05, 3.63) is 64.3 Å². The Morgan fingerprint density at radius 3 is 2.71 bits per heavy atom. The van der Waals surface area contributed by atoms with Crippen LogP contribution in [0.3, 0.4) is 0 Å². The van der Waals surface area contributed by atoms with Crippen LogP contribution in [0, 0.1) is 6.92 Å². The molecule has 0 radical (unpaired) electrons. The number of benzene rings is 1. The quantitative estimate of drug-likeness (QED) is 0.771. The van der Waals surface area contributed by atoms with Crippen LogP contribution in [0.4, 0.5) is 0 Å². The smallest absolute Gasteiger partial charge is 0.276 e. The number of hydrogen-bond donors (Lipinski definition) is 1. The number of imidazole rings is 1. The molecular formula is C18H20N4O2. The molecule has 1 amide bonds. The van der Waals surface area contributed by atoms with Crippen molar-refractivity contribution in [3.8, 4) is 0 Å². The van der Waals surface area contributed by atoms with Crippen LogP contribution in [0.25, 0.3) is 11.0 Å². The summed E-state index contributed by atoms with van der Waals surface area (Å²) < 4.78 is 3.08. The fourth-order valence-electron chi connectivity index (χ4n) is 2.60. The zero-order chi connectivity index (χ0) is 17.1. The molecule has 1 N–H and O–H groups in total. The fourth-order valence-corrected chi connectivity index (χ4v) is 2.60. The van der Waals surface area contributed by atoms with Gasteiger partial charge in [0.25, 0.3) is 5.56 Å². The summed E-state index contributed by atoms with van der Waals surface area (Å²) in [5.41, 5.74) is 3.30. The minimum atomic E-state index is -0.155. The maximum atomic E-state index is 12.2. The Bertz CT molecular complexity index is 922. The maximum absolute atomic E-state index is 12.2. The molecule has 0 spiro atoms. The van der Waals surface area contributed by atoms with Crippen molar-refractivity contribution in [2.24, 2.45) is 7.05 Å². The lowest BCUT2D eigenvalue weighted by Crippen LogP contribution is -2.30. The molecule has 3 aromatic rings. The molecule has 124 valence electrons. The van der Waals surface area contributed by atoms with Crippen LogP contribution in [0.15, 0.2) is 47.7 Å². The van der Waals surface area contributed by atoms with E-state index in [0.717, 1.165) is 6.42 Å². The Balaban J connectivity index is 1.62. The van der Waals surface area contributed by atoms with Gasteiger partial charge in [-0.25, -0.2) is 4.98 Å². The summed E-state index contributed by atoms with van der Waals surface area (Å²) in [5.74, 6) is -0.132. The van der Waals surface area contributed by atoms with Crippen LogP contribution in [-0.4, -0.2) is 26.6 Å². The van der Waals surface area contributed by atoms with Crippen molar-refractivity contribution in [1.82, 2.24) is 19.4 Å². The Morgan fingerprint density at radius 1 is 1.21 bits per heavy atom. The van der Waals surface area contributed by atoms with Crippen molar-refractivity contribution in [2.75, 3.05) is 6.54 Å². The van der Waals surface area contributed by atoms with E-state index < -0.39 is 0 Å². The molecule has 0 saturated carbocycles. The highest BCUT2D eigenvalue weighted by atomic mass is 16.2. The number of amides is 1. The zero-order valence-corrected chi connectivity index (χ0v) is 13.8. The molecule has 3 rings (SSSR count). The Morgan fingerprint density at radius 2 is 1.96 bits per heavy atom. The highest BCUT2D eigenvalue weighted by Gasteiger charge is 2.11. The topological polar surface area (TPSA) is 68.9 Å². The van der Waals surface area contributed by atoms with Crippen LogP contribution in [-0.2, 0) is 24.8 Å². The van der Waals surface area contributed by atoms with Gasteiger partial charge in [0.15, 0.2) is 0 Å². The van der Waals surface area contributed by atoms with E-state index in [2.05, 4.69) is 34.6 Å². The predicted molar refractivity (Wildman–Crippen MR) is 92.9 cm³/mol. The van der Waals surface area contributed by atoms with Gasteiger partial charge in [0.1, 0.15) is 12.1 Å². The van der Waals surface area contributed by atoms with Gasteiger partial charge in [0.2, 0.25) is 5.91 Å². The van der Waals surface area contributed by atoms with E-state index >= 15 is 0 Å². The summed E-state index contributed by atoms with van der Waals surface area (Å²) >= 11 is 0. The second-order valence-corrected chi connectivity index (χ2v) is 5.92. The van der Waals surface area contributed by atoms with Crippen molar-refractivity contribution >= 4 is 16.9 Å². The van der Waals surface area contributed by atoms with Gasteiger partial charge in [-0.3, -0.25) is 9.59 Å². The number of carbonyl (C=O) groups excluding carboxylic acids is 1. The first-order valence-corrected chi connectivity index (χ1v) is 7.87. The lowest BCUT2D eigenvalue weighted by Gasteiger charge is -2.07. The molecular weight excluding hydrogens is 304 g/mol. The van der Waals surface area contributed by atoms with Crippen molar-refractivity contribution in [1.29, 1.82) is 0 Å². The molecule has 0 saturated heterocycles. The maximum Gasteiger partial charge on any atom is 0.276 e. The second kappa shape index (κ2) is 6.70. The van der Waals surface area contributed by atoms with Crippen molar-refractivity contribution < 1.29 is 4.79 Å². The Labute approximate surface area is 139 Å². The first kappa shape index (κ1) is 16.0. The molecule has 24 heavy (non-hydrogen) atoms. The monoisotopic (exact) mass is 324 g/mol. The van der Waals surface area contributed by atoms with Crippen LogP contribution in [0.5, 0.6) is 0 Å². The van der Waals surface area contributed by atoms with E-state index in [0.29, 0.717) is 17.6 Å². The van der Waals surface area contributed by atoms with Crippen molar-refractivity contribution in [3.63, 3.8) is 0 Å². The number of rotatable bonds is 5. The third-order valence-electron chi connectivity index (χ3n) is 4.02. The number of aryl methyl sites for hydroxylation is 2. The highest BCUT2D eigenvalue weighted by Crippen LogP contribution is 2.07. The average Bonchev–Trinajstić information content (AvgIpc) is 2.96. The van der Waals surface area contributed by atoms with E-state index in [1.54, 1.807) is 23.9 Å². The average molecular weight is 324 g/mol. The lowest BCUT2D eigenvalue weighted by atomic mass is 10.1. The molecule has 0 bridgehead atoms. The summed E-state index contributed by atoms with van der Waals surface area (Å²) in [5, 5.41) is 2.89. The van der Waals surface area contributed by atoms with Crippen LogP contribution in [0.2, 0.25) is 0 Å². The van der Waals surface area contributed by atoms with Gasteiger partial charge >= 0.3 is 0 Å². The van der Waals surface area contributed by atoms with Gasteiger partial charge in [0, 0.05) is 19.8 Å². The minimum absolute atomic E-state index is 0.0870. The van der Waals surface area contributed by atoms with Gasteiger partial charge in [-0.05, 0) is 25.0 Å². The van der Waals surface area contributed by atoms with E-state index in [1.807, 2.05) is 6.92 Å². The van der Waals surface area contributed by atoms with Crippen LogP contribution >= 0.6 is 0 Å². The summed E-state index contributed by atoms with van der Waals surface area (Å²) in [6, 6.07) is 10.0. The van der Waals surface area contributed by atoms with E-state index in [4.69, 9.17) is 0 Å².